The average Bonchev–Trinajstić information content (AvgIpc) is 2.44. The number of carbonyl (C=O) groups is 1. The van der Waals surface area contributed by atoms with Gasteiger partial charge in [0.15, 0.2) is 5.13 Å². The van der Waals surface area contributed by atoms with Crippen molar-refractivity contribution in [1.29, 1.82) is 0 Å². The van der Waals surface area contributed by atoms with E-state index >= 15 is 0 Å². The monoisotopic (exact) mass is 247 g/mol. The normalized spacial score (nSPS) is 12.4. The van der Waals surface area contributed by atoms with Gasteiger partial charge in [-0.2, -0.15) is 0 Å². The van der Waals surface area contributed by atoms with Crippen molar-refractivity contribution in [2.45, 2.75) is 6.92 Å². The highest BCUT2D eigenvalue weighted by Crippen LogP contribution is 2.18. The number of hydrogen-bond donors (Lipinski definition) is 2. The van der Waals surface area contributed by atoms with E-state index in [0.717, 1.165) is 11.3 Å². The summed E-state index contributed by atoms with van der Waals surface area (Å²) in [6.45, 7) is 2.14. The van der Waals surface area contributed by atoms with E-state index in [9.17, 15) is 9.00 Å². The van der Waals surface area contributed by atoms with Crippen molar-refractivity contribution < 1.29 is 9.00 Å². The molecule has 0 aliphatic carbocycles. The largest absolute Gasteiger partial charge is 0.375 e. The van der Waals surface area contributed by atoms with Crippen LogP contribution in [0.2, 0.25) is 0 Å². The van der Waals surface area contributed by atoms with Crippen molar-refractivity contribution in [3.8, 4) is 0 Å². The van der Waals surface area contributed by atoms with Crippen LogP contribution in [0.15, 0.2) is 0 Å². The molecule has 0 aliphatic heterocycles. The van der Waals surface area contributed by atoms with Gasteiger partial charge in [0.1, 0.15) is 4.88 Å². The summed E-state index contributed by atoms with van der Waals surface area (Å²) in [4.78, 5) is 16.0. The zero-order valence-corrected chi connectivity index (χ0v) is 10.2. The first-order valence-corrected chi connectivity index (χ1v) is 6.86. The van der Waals surface area contributed by atoms with Crippen molar-refractivity contribution in [1.82, 2.24) is 10.3 Å². The fourth-order valence-electron chi connectivity index (χ4n) is 1.02. The lowest BCUT2D eigenvalue weighted by atomic mass is 10.4. The number of carbonyl (C=O) groups excluding carboxylic acids is 1. The number of amides is 1. The van der Waals surface area contributed by atoms with Gasteiger partial charge in [0.25, 0.3) is 5.91 Å². The Morgan fingerprint density at radius 3 is 2.80 bits per heavy atom. The van der Waals surface area contributed by atoms with Crippen LogP contribution in [0.25, 0.3) is 0 Å². The maximum absolute atomic E-state index is 11.6. The molecule has 0 fully saturated rings. The molecule has 0 radical (unpaired) electrons. The Kier molecular flexibility index (Phi) is 4.22. The molecule has 1 rings (SSSR count). The number of aromatic nitrogens is 1. The zero-order chi connectivity index (χ0) is 11.4. The van der Waals surface area contributed by atoms with E-state index in [0.29, 0.717) is 28.0 Å². The van der Waals surface area contributed by atoms with E-state index in [4.69, 9.17) is 5.73 Å². The number of nitrogens with two attached hydrogens (primary N) is 1. The molecule has 5 nitrogen and oxygen atoms in total. The second-order valence-corrected chi connectivity index (χ2v) is 5.59. The second kappa shape index (κ2) is 5.22. The molecular weight excluding hydrogens is 234 g/mol. The zero-order valence-electron chi connectivity index (χ0n) is 8.57. The number of aryl methyl sites for hydroxylation is 1. The van der Waals surface area contributed by atoms with Crippen LogP contribution in [0.5, 0.6) is 0 Å². The molecule has 1 aromatic rings. The standard InChI is InChI=1S/C8H13N3O2S2/c1-5-6(14-8(9)11-5)7(12)10-3-4-15(2)13/h3-4H2,1-2H3,(H2,9,11)(H,10,12). The molecule has 84 valence electrons. The molecule has 0 aromatic carbocycles. The topological polar surface area (TPSA) is 85.1 Å². The molecule has 0 saturated heterocycles. The maximum atomic E-state index is 11.6. The van der Waals surface area contributed by atoms with E-state index in [1.807, 2.05) is 0 Å². The molecule has 0 spiro atoms. The van der Waals surface area contributed by atoms with Crippen molar-refractivity contribution >= 4 is 33.2 Å². The first kappa shape index (κ1) is 12.1. The predicted octanol–water partition coefficient (Wildman–Crippen LogP) is 0.142. The van der Waals surface area contributed by atoms with Crippen LogP contribution in [0.3, 0.4) is 0 Å². The molecule has 0 bridgehead atoms. The molecule has 0 aliphatic rings. The van der Waals surface area contributed by atoms with Crippen molar-refractivity contribution in [3.63, 3.8) is 0 Å². The van der Waals surface area contributed by atoms with Crippen LogP contribution in [0.1, 0.15) is 15.4 Å². The molecule has 0 saturated carbocycles. The minimum Gasteiger partial charge on any atom is -0.375 e. The van der Waals surface area contributed by atoms with E-state index in [2.05, 4.69) is 10.3 Å². The molecule has 1 atom stereocenters. The smallest absolute Gasteiger partial charge is 0.263 e. The Bertz CT molecular complexity index is 389. The number of nitrogens with one attached hydrogen (secondary N) is 1. The molecule has 1 heterocycles. The second-order valence-electron chi connectivity index (χ2n) is 3.00. The summed E-state index contributed by atoms with van der Waals surface area (Å²) in [5.74, 6) is 0.256. The number of thiazole rings is 1. The quantitative estimate of drug-likeness (QED) is 0.792. The summed E-state index contributed by atoms with van der Waals surface area (Å²) in [7, 11) is -0.890. The van der Waals surface area contributed by atoms with E-state index in [1.165, 1.54) is 0 Å². The van der Waals surface area contributed by atoms with Gasteiger partial charge in [-0.15, -0.1) is 0 Å². The van der Waals surface area contributed by atoms with Crippen LogP contribution in [0, 0.1) is 6.92 Å². The number of rotatable bonds is 4. The van der Waals surface area contributed by atoms with E-state index in [1.54, 1.807) is 13.2 Å². The van der Waals surface area contributed by atoms with Gasteiger partial charge in [-0.25, -0.2) is 4.98 Å². The number of hydrogen-bond acceptors (Lipinski definition) is 5. The molecule has 3 N–H and O–H groups in total. The predicted molar refractivity (Wildman–Crippen MR) is 62.5 cm³/mol. The molecule has 1 amide bonds. The van der Waals surface area contributed by atoms with E-state index < -0.39 is 10.8 Å². The summed E-state index contributed by atoms with van der Waals surface area (Å²) in [5, 5.41) is 3.05. The van der Waals surface area contributed by atoms with Crippen LogP contribution < -0.4 is 11.1 Å². The van der Waals surface area contributed by atoms with Crippen molar-refractivity contribution in [2.75, 3.05) is 24.3 Å². The van der Waals surface area contributed by atoms with Crippen molar-refractivity contribution in [2.24, 2.45) is 0 Å². The summed E-state index contributed by atoms with van der Waals surface area (Å²) in [5.41, 5.74) is 6.10. The molecule has 1 unspecified atom stereocenters. The van der Waals surface area contributed by atoms with Gasteiger partial charge in [0.2, 0.25) is 0 Å². The van der Waals surface area contributed by atoms with Crippen LogP contribution in [-0.4, -0.2) is 33.7 Å². The fraction of sp³-hybridized carbons (Fsp3) is 0.500. The first-order chi connectivity index (χ1) is 7.00. The van der Waals surface area contributed by atoms with E-state index in [-0.39, 0.29) is 5.91 Å². The molecule has 7 heteroatoms. The summed E-state index contributed by atoms with van der Waals surface area (Å²) < 4.78 is 10.8. The minimum atomic E-state index is -0.890. The number of nitrogen functional groups attached to an aromatic ring is 1. The third-order valence-electron chi connectivity index (χ3n) is 1.69. The van der Waals surface area contributed by atoms with Crippen LogP contribution in [-0.2, 0) is 10.8 Å². The molecular formula is C8H13N3O2S2. The van der Waals surface area contributed by atoms with Crippen molar-refractivity contribution in [3.05, 3.63) is 10.6 Å². The van der Waals surface area contributed by atoms with Gasteiger partial charge < -0.3 is 11.1 Å². The van der Waals surface area contributed by atoms with Crippen LogP contribution >= 0.6 is 11.3 Å². The summed E-state index contributed by atoms with van der Waals surface area (Å²) >= 11 is 1.16. The van der Waals surface area contributed by atoms with Gasteiger partial charge in [0, 0.05) is 29.4 Å². The Labute approximate surface area is 94.5 Å². The Hall–Kier alpha value is -0.950. The summed E-state index contributed by atoms with van der Waals surface area (Å²) in [6.07, 6.45) is 1.60. The highest BCUT2D eigenvalue weighted by atomic mass is 32.2. The summed E-state index contributed by atoms with van der Waals surface area (Å²) in [6, 6.07) is 0. The Morgan fingerprint density at radius 1 is 1.67 bits per heavy atom. The molecule has 1 aromatic heterocycles. The van der Waals surface area contributed by atoms with Gasteiger partial charge in [-0.05, 0) is 6.92 Å². The van der Waals surface area contributed by atoms with Gasteiger partial charge in [-0.3, -0.25) is 9.00 Å². The Balaban J connectivity index is 2.54. The maximum Gasteiger partial charge on any atom is 0.263 e. The average molecular weight is 247 g/mol. The van der Waals surface area contributed by atoms with Crippen LogP contribution in [0.4, 0.5) is 5.13 Å². The molecule has 15 heavy (non-hydrogen) atoms. The third-order valence-corrected chi connectivity index (χ3v) is 3.46. The Morgan fingerprint density at radius 2 is 2.33 bits per heavy atom. The third kappa shape index (κ3) is 3.60. The fourth-order valence-corrected chi connectivity index (χ4v) is 2.16. The minimum absolute atomic E-state index is 0.202. The number of anilines is 1. The van der Waals surface area contributed by atoms with Gasteiger partial charge in [0.05, 0.1) is 5.69 Å². The SMILES string of the molecule is Cc1nc(N)sc1C(=O)NCCS(C)=O. The van der Waals surface area contributed by atoms with Gasteiger partial charge in [-0.1, -0.05) is 11.3 Å². The van der Waals surface area contributed by atoms with Gasteiger partial charge >= 0.3 is 0 Å². The first-order valence-electron chi connectivity index (χ1n) is 4.32. The highest BCUT2D eigenvalue weighted by Gasteiger charge is 2.13. The lowest BCUT2D eigenvalue weighted by Crippen LogP contribution is -2.27. The lowest BCUT2D eigenvalue weighted by molar-refractivity contribution is 0.0959. The lowest BCUT2D eigenvalue weighted by Gasteiger charge is -2.01. The number of nitrogens with zero attached hydrogens (tertiary/aromatic N) is 1. The highest BCUT2D eigenvalue weighted by molar-refractivity contribution is 7.84.